The van der Waals surface area contributed by atoms with Crippen molar-refractivity contribution in [3.05, 3.63) is 29.8 Å². The van der Waals surface area contributed by atoms with E-state index in [0.29, 0.717) is 5.84 Å². The molecule has 2 N–H and O–H groups in total. The van der Waals surface area contributed by atoms with Crippen molar-refractivity contribution in [3.8, 4) is 0 Å². The van der Waals surface area contributed by atoms with Crippen LogP contribution in [0.1, 0.15) is 12.5 Å². The number of hydrogen-bond acceptors (Lipinski definition) is 2. The Bertz CT molecular complexity index is 326. The summed E-state index contributed by atoms with van der Waals surface area (Å²) < 4.78 is 11.8. The van der Waals surface area contributed by atoms with E-state index < -0.39 is 0 Å². The van der Waals surface area contributed by atoms with Crippen LogP contribution in [0.15, 0.2) is 29.3 Å². The fourth-order valence-electron chi connectivity index (χ4n) is 1.10. The first-order chi connectivity index (χ1) is 6.76. The lowest BCUT2D eigenvalue weighted by Gasteiger charge is -1.99. The molecular formula is C10H13FN2S. The number of aryl methyl sites for hydroxylation is 1. The van der Waals surface area contributed by atoms with Gasteiger partial charge < -0.3 is 5.73 Å². The second-order valence-corrected chi connectivity index (χ2v) is 3.39. The molecule has 0 aliphatic carbocycles. The Balaban J connectivity index is 2.80. The van der Waals surface area contributed by atoms with Crippen LogP contribution in [0, 0.1) is 0 Å². The van der Waals surface area contributed by atoms with E-state index in [4.69, 9.17) is 5.73 Å². The monoisotopic (exact) mass is 212 g/mol. The number of nitrogens with zero attached hydrogens (tertiary/aromatic N) is 1. The minimum atomic E-state index is 0.121. The summed E-state index contributed by atoms with van der Waals surface area (Å²) in [5, 5.41) is 0. The van der Waals surface area contributed by atoms with Gasteiger partial charge in [0.25, 0.3) is 0 Å². The summed E-state index contributed by atoms with van der Waals surface area (Å²) in [5.74, 6) is 0.432. The van der Waals surface area contributed by atoms with Gasteiger partial charge in [-0.3, -0.25) is 0 Å². The molecule has 0 aliphatic heterocycles. The molecule has 0 fully saturated rings. The van der Waals surface area contributed by atoms with Gasteiger partial charge in [0.05, 0.1) is 23.6 Å². The van der Waals surface area contributed by atoms with E-state index >= 15 is 0 Å². The average molecular weight is 212 g/mol. The molecule has 4 heteroatoms. The second-order valence-electron chi connectivity index (χ2n) is 2.88. The van der Waals surface area contributed by atoms with Gasteiger partial charge in [0.1, 0.15) is 5.84 Å². The quantitative estimate of drug-likeness (QED) is 0.615. The summed E-state index contributed by atoms with van der Waals surface area (Å²) in [6.07, 6.45) is 0.959. The smallest absolute Gasteiger partial charge is 0.112 e. The van der Waals surface area contributed by atoms with Crippen LogP contribution in [0.5, 0.6) is 0 Å². The van der Waals surface area contributed by atoms with E-state index in [9.17, 15) is 3.89 Å². The van der Waals surface area contributed by atoms with Gasteiger partial charge in [-0.2, -0.15) is 3.89 Å². The minimum Gasteiger partial charge on any atom is -0.386 e. The number of rotatable bonds is 4. The topological polar surface area (TPSA) is 38.4 Å². The Hall–Kier alpha value is -1.03. The molecule has 0 amide bonds. The Morgan fingerprint density at radius 1 is 1.57 bits per heavy atom. The van der Waals surface area contributed by atoms with Crippen molar-refractivity contribution in [2.45, 2.75) is 13.3 Å². The zero-order valence-electron chi connectivity index (χ0n) is 8.03. The molecule has 0 heterocycles. The Labute approximate surface area is 87.7 Å². The Morgan fingerprint density at radius 3 is 3.00 bits per heavy atom. The normalized spacial score (nSPS) is 11.7. The molecule has 0 spiro atoms. The summed E-state index contributed by atoms with van der Waals surface area (Å²) in [6.45, 7) is 2.07. The van der Waals surface area contributed by atoms with Gasteiger partial charge in [-0.25, -0.2) is 4.99 Å². The van der Waals surface area contributed by atoms with E-state index in [1.54, 1.807) is 0 Å². The average Bonchev–Trinajstić information content (AvgIpc) is 2.18. The maximum absolute atomic E-state index is 11.8. The zero-order chi connectivity index (χ0) is 10.4. The summed E-state index contributed by atoms with van der Waals surface area (Å²) >= 11 is 0.183. The highest BCUT2D eigenvalue weighted by Crippen LogP contribution is 2.15. The molecule has 76 valence electrons. The van der Waals surface area contributed by atoms with Crippen LogP contribution >= 0.6 is 12.1 Å². The molecule has 14 heavy (non-hydrogen) atoms. The van der Waals surface area contributed by atoms with Gasteiger partial charge in [0.15, 0.2) is 0 Å². The predicted molar refractivity (Wildman–Crippen MR) is 60.7 cm³/mol. The van der Waals surface area contributed by atoms with Gasteiger partial charge in [-0.15, -0.1) is 0 Å². The first-order valence-corrected chi connectivity index (χ1v) is 5.30. The molecule has 0 saturated heterocycles. The van der Waals surface area contributed by atoms with Crippen LogP contribution in [0.25, 0.3) is 0 Å². The van der Waals surface area contributed by atoms with E-state index in [2.05, 4.69) is 11.9 Å². The van der Waals surface area contributed by atoms with Crippen molar-refractivity contribution in [2.75, 3.05) is 5.75 Å². The van der Waals surface area contributed by atoms with Crippen molar-refractivity contribution >= 4 is 23.7 Å². The summed E-state index contributed by atoms with van der Waals surface area (Å²) in [6, 6.07) is 7.76. The Kier molecular flexibility index (Phi) is 4.46. The lowest BCUT2D eigenvalue weighted by molar-refractivity contribution is 0.941. The standard InChI is InChI=1S/C10H13FN2S/c1-2-8-4-3-5-9(6-8)13-10(12)7-14-11/h3-6H,2,7H2,1H3,(H2,12,13). The highest BCUT2D eigenvalue weighted by molar-refractivity contribution is 7.95. The molecule has 1 rings (SSSR count). The zero-order valence-corrected chi connectivity index (χ0v) is 8.85. The first-order valence-electron chi connectivity index (χ1n) is 4.41. The van der Waals surface area contributed by atoms with Crippen LogP contribution in [-0.4, -0.2) is 11.6 Å². The van der Waals surface area contributed by atoms with E-state index in [-0.39, 0.29) is 17.9 Å². The Morgan fingerprint density at radius 2 is 2.36 bits per heavy atom. The van der Waals surface area contributed by atoms with Gasteiger partial charge >= 0.3 is 0 Å². The number of aliphatic imine (C=N–C) groups is 1. The lowest BCUT2D eigenvalue weighted by atomic mass is 10.1. The van der Waals surface area contributed by atoms with Crippen LogP contribution in [0.4, 0.5) is 9.57 Å². The van der Waals surface area contributed by atoms with Crippen molar-refractivity contribution in [1.29, 1.82) is 0 Å². The minimum absolute atomic E-state index is 0.121. The third-order valence-corrected chi connectivity index (χ3v) is 2.20. The van der Waals surface area contributed by atoms with E-state index in [0.717, 1.165) is 12.1 Å². The van der Waals surface area contributed by atoms with Crippen LogP contribution in [0.2, 0.25) is 0 Å². The van der Waals surface area contributed by atoms with Crippen LogP contribution < -0.4 is 5.73 Å². The summed E-state index contributed by atoms with van der Waals surface area (Å²) in [7, 11) is 0. The van der Waals surface area contributed by atoms with Crippen molar-refractivity contribution in [2.24, 2.45) is 10.7 Å². The van der Waals surface area contributed by atoms with Gasteiger partial charge in [-0.1, -0.05) is 19.1 Å². The van der Waals surface area contributed by atoms with Crippen molar-refractivity contribution in [1.82, 2.24) is 0 Å². The molecule has 0 aromatic heterocycles. The van der Waals surface area contributed by atoms with Gasteiger partial charge in [0, 0.05) is 0 Å². The lowest BCUT2D eigenvalue weighted by Crippen LogP contribution is -2.13. The number of halogens is 1. The molecule has 0 radical (unpaired) electrons. The number of hydrogen-bond donors (Lipinski definition) is 1. The molecule has 0 unspecified atom stereocenters. The van der Waals surface area contributed by atoms with Gasteiger partial charge in [0.2, 0.25) is 0 Å². The van der Waals surface area contributed by atoms with Crippen molar-refractivity contribution in [3.63, 3.8) is 0 Å². The number of amidine groups is 1. The fourth-order valence-corrected chi connectivity index (χ4v) is 1.28. The summed E-state index contributed by atoms with van der Waals surface area (Å²) in [5.41, 5.74) is 7.49. The molecule has 1 aromatic carbocycles. The molecule has 0 aliphatic rings. The van der Waals surface area contributed by atoms with E-state index in [1.165, 1.54) is 5.56 Å². The molecule has 0 saturated carbocycles. The second kappa shape index (κ2) is 5.65. The molecule has 1 aromatic rings. The third kappa shape index (κ3) is 3.38. The largest absolute Gasteiger partial charge is 0.386 e. The highest BCUT2D eigenvalue weighted by atomic mass is 32.2. The fraction of sp³-hybridized carbons (Fsp3) is 0.300. The SMILES string of the molecule is CCc1cccc(N=C(N)CSF)c1. The van der Waals surface area contributed by atoms with E-state index in [1.807, 2.05) is 24.3 Å². The maximum Gasteiger partial charge on any atom is 0.112 e. The number of benzene rings is 1. The predicted octanol–water partition coefficient (Wildman–Crippen LogP) is 2.86. The maximum atomic E-state index is 11.8. The number of nitrogens with two attached hydrogens (primary N) is 1. The summed E-state index contributed by atoms with van der Waals surface area (Å²) in [4.78, 5) is 4.09. The first kappa shape index (κ1) is 11.0. The van der Waals surface area contributed by atoms with Crippen LogP contribution in [0.3, 0.4) is 0 Å². The molecule has 2 nitrogen and oxygen atoms in total. The molecule has 0 atom stereocenters. The van der Waals surface area contributed by atoms with Gasteiger partial charge in [-0.05, 0) is 24.1 Å². The van der Waals surface area contributed by atoms with Crippen molar-refractivity contribution < 1.29 is 3.89 Å². The third-order valence-electron chi connectivity index (χ3n) is 1.79. The molecular weight excluding hydrogens is 199 g/mol. The highest BCUT2D eigenvalue weighted by Gasteiger charge is 1.95. The molecule has 0 bridgehead atoms. The van der Waals surface area contributed by atoms with Crippen LogP contribution in [-0.2, 0) is 6.42 Å².